The van der Waals surface area contributed by atoms with Crippen LogP contribution in [-0.4, -0.2) is 25.8 Å². The first-order valence-corrected chi connectivity index (χ1v) is 5.33. The van der Waals surface area contributed by atoms with Crippen molar-refractivity contribution in [1.29, 1.82) is 0 Å². The summed E-state index contributed by atoms with van der Waals surface area (Å²) < 4.78 is 42.9. The van der Waals surface area contributed by atoms with Crippen molar-refractivity contribution in [2.24, 2.45) is 0 Å². The number of methoxy groups -OCH3 is 1. The van der Waals surface area contributed by atoms with E-state index in [0.717, 1.165) is 0 Å². The number of rotatable bonds is 4. The van der Waals surface area contributed by atoms with E-state index in [1.807, 2.05) is 5.32 Å². The lowest BCUT2D eigenvalue weighted by atomic mass is 10.1. The van der Waals surface area contributed by atoms with Crippen LogP contribution in [0, 0.1) is 0 Å². The topological polar surface area (TPSA) is 38.3 Å². The van der Waals surface area contributed by atoms with Crippen LogP contribution >= 0.6 is 11.6 Å². The first kappa shape index (κ1) is 14.8. The van der Waals surface area contributed by atoms with Gasteiger partial charge in [-0.3, -0.25) is 4.79 Å². The predicted molar refractivity (Wildman–Crippen MR) is 60.3 cm³/mol. The summed E-state index contributed by atoms with van der Waals surface area (Å²) in [6, 6.07) is 3.02. The number of hydrogen-bond acceptors (Lipinski definition) is 2. The molecule has 1 amide bonds. The predicted octanol–water partition coefficient (Wildman–Crippen LogP) is 2.71. The summed E-state index contributed by atoms with van der Waals surface area (Å²) in [6.45, 7) is -0.430. The minimum Gasteiger partial charge on any atom is -0.375 e. The van der Waals surface area contributed by atoms with Crippen molar-refractivity contribution < 1.29 is 22.7 Å². The number of hydrogen-bond donors (Lipinski definition) is 1. The van der Waals surface area contributed by atoms with Crippen LogP contribution in [0.5, 0.6) is 0 Å². The molecule has 0 saturated heterocycles. The summed E-state index contributed by atoms with van der Waals surface area (Å²) in [6.07, 6.45) is -4.59. The van der Waals surface area contributed by atoms with Crippen molar-refractivity contribution in [3.63, 3.8) is 0 Å². The molecule has 0 radical (unpaired) electrons. The van der Waals surface area contributed by atoms with Crippen molar-refractivity contribution in [3.8, 4) is 0 Å². The average molecular weight is 282 g/mol. The molecule has 1 aromatic carbocycles. The van der Waals surface area contributed by atoms with Gasteiger partial charge in [-0.2, -0.15) is 13.2 Å². The fourth-order valence-corrected chi connectivity index (χ4v) is 1.47. The third-order valence-corrected chi connectivity index (χ3v) is 2.36. The lowest BCUT2D eigenvalue weighted by Gasteiger charge is -2.22. The normalized spacial score (nSPS) is 13.2. The number of alkyl halides is 3. The number of carbonyl (C=O) groups is 1. The highest BCUT2D eigenvalue weighted by Crippen LogP contribution is 2.33. The van der Waals surface area contributed by atoms with Crippen molar-refractivity contribution in [3.05, 3.63) is 34.9 Å². The van der Waals surface area contributed by atoms with Crippen LogP contribution in [0.4, 0.5) is 13.2 Å². The van der Waals surface area contributed by atoms with Gasteiger partial charge in [0.2, 0.25) is 5.91 Å². The maximum atomic E-state index is 12.8. The second-order valence-electron chi connectivity index (χ2n) is 3.53. The first-order chi connectivity index (χ1) is 8.34. The quantitative estimate of drug-likeness (QED) is 0.921. The molecule has 0 aliphatic heterocycles. The molecule has 0 aromatic heterocycles. The van der Waals surface area contributed by atoms with Gasteiger partial charge in [0.05, 0.1) is 0 Å². The lowest BCUT2D eigenvalue weighted by Crippen LogP contribution is -2.39. The van der Waals surface area contributed by atoms with Crippen LogP contribution in [0.2, 0.25) is 5.02 Å². The Labute approximate surface area is 107 Å². The summed E-state index contributed by atoms with van der Waals surface area (Å²) in [4.78, 5) is 11.2. The van der Waals surface area contributed by atoms with E-state index in [-0.39, 0.29) is 5.56 Å². The van der Waals surface area contributed by atoms with Gasteiger partial charge in [0.1, 0.15) is 6.61 Å². The van der Waals surface area contributed by atoms with Crippen molar-refractivity contribution >= 4 is 17.5 Å². The molecule has 0 bridgehead atoms. The molecule has 3 nitrogen and oxygen atoms in total. The Morgan fingerprint density at radius 3 is 2.39 bits per heavy atom. The van der Waals surface area contributed by atoms with Crippen LogP contribution < -0.4 is 5.32 Å². The largest absolute Gasteiger partial charge is 0.412 e. The Kier molecular flexibility index (Phi) is 4.98. The minimum absolute atomic E-state index is 0.0867. The fourth-order valence-electron chi connectivity index (χ4n) is 1.34. The monoisotopic (exact) mass is 281 g/mol. The number of amides is 1. The van der Waals surface area contributed by atoms with Gasteiger partial charge in [0, 0.05) is 12.1 Å². The highest BCUT2D eigenvalue weighted by Gasteiger charge is 2.41. The molecule has 100 valence electrons. The van der Waals surface area contributed by atoms with Crippen LogP contribution in [0.1, 0.15) is 11.6 Å². The van der Waals surface area contributed by atoms with Gasteiger partial charge in [0.15, 0.2) is 6.04 Å². The summed E-state index contributed by atoms with van der Waals surface area (Å²) in [5.74, 6) is -0.838. The highest BCUT2D eigenvalue weighted by atomic mass is 35.5. The molecule has 0 heterocycles. The summed E-state index contributed by atoms with van der Waals surface area (Å²) in [5, 5.41) is 2.18. The molecular weight excluding hydrogens is 271 g/mol. The third kappa shape index (κ3) is 4.19. The summed E-state index contributed by atoms with van der Waals surface area (Å²) in [5.41, 5.74) is -0.0867. The maximum absolute atomic E-state index is 12.8. The van der Waals surface area contributed by atoms with Crippen LogP contribution in [0.15, 0.2) is 24.3 Å². The Hall–Kier alpha value is -1.27. The Bertz CT molecular complexity index is 406. The molecule has 18 heavy (non-hydrogen) atoms. The number of nitrogens with one attached hydrogen (secondary N) is 1. The van der Waals surface area contributed by atoms with Crippen LogP contribution in [-0.2, 0) is 9.53 Å². The molecular formula is C11H11ClF3NO2. The van der Waals surface area contributed by atoms with Crippen molar-refractivity contribution in [2.75, 3.05) is 13.7 Å². The molecule has 1 unspecified atom stereocenters. The van der Waals surface area contributed by atoms with E-state index in [4.69, 9.17) is 11.6 Å². The molecule has 0 aliphatic carbocycles. The molecule has 0 saturated carbocycles. The van der Waals surface area contributed by atoms with Gasteiger partial charge in [0.25, 0.3) is 0 Å². The zero-order valence-electron chi connectivity index (χ0n) is 9.42. The van der Waals surface area contributed by atoms with E-state index in [1.165, 1.54) is 31.4 Å². The van der Waals surface area contributed by atoms with Gasteiger partial charge in [-0.1, -0.05) is 23.7 Å². The molecule has 7 heteroatoms. The second kappa shape index (κ2) is 6.06. The standard InChI is InChI=1S/C11H11ClF3NO2/c1-18-6-9(17)16-10(11(13,14)15)7-2-4-8(12)5-3-7/h2-5,10H,6H2,1H3,(H,16,17). The smallest absolute Gasteiger partial charge is 0.375 e. The van der Waals surface area contributed by atoms with E-state index < -0.39 is 24.7 Å². The van der Waals surface area contributed by atoms with E-state index in [9.17, 15) is 18.0 Å². The van der Waals surface area contributed by atoms with Gasteiger partial charge in [-0.15, -0.1) is 0 Å². The molecule has 1 rings (SSSR count). The number of benzene rings is 1. The third-order valence-electron chi connectivity index (χ3n) is 2.11. The molecule has 0 aliphatic rings. The van der Waals surface area contributed by atoms with E-state index in [0.29, 0.717) is 5.02 Å². The van der Waals surface area contributed by atoms with Crippen LogP contribution in [0.25, 0.3) is 0 Å². The van der Waals surface area contributed by atoms with E-state index in [2.05, 4.69) is 4.74 Å². The molecule has 1 aromatic rings. The Balaban J connectivity index is 2.92. The molecule has 0 spiro atoms. The minimum atomic E-state index is -4.59. The second-order valence-corrected chi connectivity index (χ2v) is 3.96. The maximum Gasteiger partial charge on any atom is 0.412 e. The van der Waals surface area contributed by atoms with E-state index in [1.54, 1.807) is 0 Å². The van der Waals surface area contributed by atoms with Gasteiger partial charge in [-0.05, 0) is 17.7 Å². The zero-order chi connectivity index (χ0) is 13.8. The zero-order valence-corrected chi connectivity index (χ0v) is 10.2. The van der Waals surface area contributed by atoms with Gasteiger partial charge < -0.3 is 10.1 Å². The number of ether oxygens (including phenoxy) is 1. The average Bonchev–Trinajstić information content (AvgIpc) is 2.26. The highest BCUT2D eigenvalue weighted by molar-refractivity contribution is 6.30. The van der Waals surface area contributed by atoms with Crippen molar-refractivity contribution in [1.82, 2.24) is 5.32 Å². The molecule has 0 fully saturated rings. The summed E-state index contributed by atoms with van der Waals surface area (Å²) >= 11 is 5.60. The first-order valence-electron chi connectivity index (χ1n) is 4.95. The van der Waals surface area contributed by atoms with Crippen LogP contribution in [0.3, 0.4) is 0 Å². The Morgan fingerprint density at radius 1 is 1.39 bits per heavy atom. The molecule has 1 atom stereocenters. The Morgan fingerprint density at radius 2 is 1.94 bits per heavy atom. The number of carbonyl (C=O) groups excluding carboxylic acids is 1. The van der Waals surface area contributed by atoms with Crippen molar-refractivity contribution in [2.45, 2.75) is 12.2 Å². The number of halogens is 4. The molecule has 1 N–H and O–H groups in total. The van der Waals surface area contributed by atoms with Gasteiger partial charge in [-0.25, -0.2) is 0 Å². The summed E-state index contributed by atoms with van der Waals surface area (Å²) in [7, 11) is 1.23. The fraction of sp³-hybridized carbons (Fsp3) is 0.364. The lowest BCUT2D eigenvalue weighted by molar-refractivity contribution is -0.164. The van der Waals surface area contributed by atoms with Gasteiger partial charge >= 0.3 is 6.18 Å². The SMILES string of the molecule is COCC(=O)NC(c1ccc(Cl)cc1)C(F)(F)F. The van der Waals surface area contributed by atoms with E-state index >= 15 is 0 Å².